The fourth-order valence-corrected chi connectivity index (χ4v) is 1.75. The highest BCUT2D eigenvalue weighted by Crippen LogP contribution is 2.26. The molecule has 1 atom stereocenters. The summed E-state index contributed by atoms with van der Waals surface area (Å²) in [6.45, 7) is 1.82. The second-order valence-electron chi connectivity index (χ2n) is 4.46. The minimum atomic E-state index is -4.72. The second kappa shape index (κ2) is 5.72. The van der Waals surface area contributed by atoms with Crippen LogP contribution in [0.5, 0.6) is 5.75 Å². The Bertz CT molecular complexity index is 625. The second-order valence-corrected chi connectivity index (χ2v) is 4.46. The molecule has 0 saturated carbocycles. The van der Waals surface area contributed by atoms with E-state index in [-0.39, 0.29) is 11.7 Å². The van der Waals surface area contributed by atoms with Crippen LogP contribution in [0.2, 0.25) is 0 Å². The summed E-state index contributed by atoms with van der Waals surface area (Å²) < 4.78 is 46.6. The molecule has 114 valence electrons. The number of aromatic nitrogens is 2. The highest BCUT2D eigenvalue weighted by atomic mass is 19.4. The first-order valence-corrected chi connectivity index (χ1v) is 6.03. The minimum absolute atomic E-state index is 0.158. The highest BCUT2D eigenvalue weighted by Gasteiger charge is 2.39. The number of rotatable bonds is 4. The normalized spacial score (nSPS) is 13.2. The molecule has 5 nitrogen and oxygen atoms in total. The molecule has 0 spiro atoms. The summed E-state index contributed by atoms with van der Waals surface area (Å²) in [7, 11) is 1.53. The first-order valence-electron chi connectivity index (χ1n) is 6.03. The third-order valence-electron chi connectivity index (χ3n) is 2.87. The summed E-state index contributed by atoms with van der Waals surface area (Å²) in [6.07, 6.45) is -8.01. The molecular formula is C13H13F3N2O3. The summed E-state index contributed by atoms with van der Waals surface area (Å²) >= 11 is 0. The molecule has 1 aromatic carbocycles. The third kappa shape index (κ3) is 3.52. The summed E-state index contributed by atoms with van der Waals surface area (Å²) in [6, 6.07) is 5.10. The van der Waals surface area contributed by atoms with Crippen molar-refractivity contribution in [3.05, 3.63) is 29.7 Å². The van der Waals surface area contributed by atoms with Gasteiger partial charge in [-0.1, -0.05) is 5.16 Å². The van der Waals surface area contributed by atoms with Crippen molar-refractivity contribution in [2.75, 3.05) is 7.11 Å². The molecule has 0 saturated heterocycles. The fraction of sp³-hybridized carbons (Fsp3) is 0.385. The summed E-state index contributed by atoms with van der Waals surface area (Å²) in [4.78, 5) is 3.85. The first kappa shape index (κ1) is 15.3. The van der Waals surface area contributed by atoms with Crippen LogP contribution in [0.4, 0.5) is 13.2 Å². The van der Waals surface area contributed by atoms with E-state index < -0.39 is 18.7 Å². The van der Waals surface area contributed by atoms with Gasteiger partial charge in [0.15, 0.2) is 6.10 Å². The maximum absolute atomic E-state index is 12.2. The number of nitrogens with zero attached hydrogens (tertiary/aromatic N) is 2. The van der Waals surface area contributed by atoms with Crippen LogP contribution in [0, 0.1) is 6.92 Å². The number of ether oxygens (including phenoxy) is 1. The standard InChI is InChI=1S/C13H13F3N2O3/c1-7-5-8(3-4-9(7)20-2)12-17-11(21-18-12)6-10(19)13(14,15)16/h3-5,10,19H,6H2,1-2H3. The number of aliphatic hydroxyl groups is 1. The van der Waals surface area contributed by atoms with Crippen LogP contribution in [0.25, 0.3) is 11.4 Å². The predicted molar refractivity (Wildman–Crippen MR) is 66.8 cm³/mol. The van der Waals surface area contributed by atoms with Gasteiger partial charge in [0.05, 0.1) is 13.5 Å². The smallest absolute Gasteiger partial charge is 0.414 e. The van der Waals surface area contributed by atoms with Crippen molar-refractivity contribution in [1.29, 1.82) is 0 Å². The molecule has 0 aliphatic rings. The Labute approximate surface area is 118 Å². The molecule has 1 unspecified atom stereocenters. The number of benzene rings is 1. The van der Waals surface area contributed by atoms with Crippen molar-refractivity contribution >= 4 is 0 Å². The van der Waals surface area contributed by atoms with Crippen LogP contribution < -0.4 is 4.74 Å². The average Bonchev–Trinajstić information content (AvgIpc) is 2.86. The molecule has 0 aliphatic carbocycles. The van der Waals surface area contributed by atoms with Crippen molar-refractivity contribution in [3.63, 3.8) is 0 Å². The SMILES string of the molecule is COc1ccc(-c2noc(CC(O)C(F)(F)F)n2)cc1C. The van der Waals surface area contributed by atoms with Crippen LogP contribution in [0.15, 0.2) is 22.7 Å². The number of aliphatic hydroxyl groups excluding tert-OH is 1. The van der Waals surface area contributed by atoms with Crippen molar-refractivity contribution in [3.8, 4) is 17.1 Å². The molecular weight excluding hydrogens is 289 g/mol. The number of alkyl halides is 3. The Morgan fingerprint density at radius 3 is 2.67 bits per heavy atom. The largest absolute Gasteiger partial charge is 0.496 e. The maximum Gasteiger partial charge on any atom is 0.414 e. The number of methoxy groups -OCH3 is 1. The minimum Gasteiger partial charge on any atom is -0.496 e. The van der Waals surface area contributed by atoms with E-state index in [9.17, 15) is 13.2 Å². The number of hydrogen-bond acceptors (Lipinski definition) is 5. The maximum atomic E-state index is 12.2. The van der Waals surface area contributed by atoms with Crippen molar-refractivity contribution in [2.24, 2.45) is 0 Å². The molecule has 1 N–H and O–H groups in total. The van der Waals surface area contributed by atoms with Crippen LogP contribution >= 0.6 is 0 Å². The van der Waals surface area contributed by atoms with Gasteiger partial charge in [0.25, 0.3) is 0 Å². The number of aryl methyl sites for hydroxylation is 1. The third-order valence-corrected chi connectivity index (χ3v) is 2.87. The van der Waals surface area contributed by atoms with Crippen molar-refractivity contribution in [1.82, 2.24) is 10.1 Å². The van der Waals surface area contributed by atoms with E-state index in [1.807, 2.05) is 6.92 Å². The predicted octanol–water partition coefficient (Wildman–Crippen LogP) is 2.52. The van der Waals surface area contributed by atoms with E-state index in [0.29, 0.717) is 11.3 Å². The molecule has 0 radical (unpaired) electrons. The Morgan fingerprint density at radius 2 is 2.10 bits per heavy atom. The average molecular weight is 302 g/mol. The molecule has 1 aromatic heterocycles. The zero-order valence-electron chi connectivity index (χ0n) is 11.3. The summed E-state index contributed by atoms with van der Waals surface area (Å²) in [5.74, 6) is 0.559. The van der Waals surface area contributed by atoms with Gasteiger partial charge in [-0.2, -0.15) is 18.2 Å². The van der Waals surface area contributed by atoms with Gasteiger partial charge in [-0.25, -0.2) is 0 Å². The van der Waals surface area contributed by atoms with Crippen LogP contribution in [-0.2, 0) is 6.42 Å². The number of hydrogen-bond donors (Lipinski definition) is 1. The molecule has 21 heavy (non-hydrogen) atoms. The molecule has 1 heterocycles. The van der Waals surface area contributed by atoms with E-state index in [1.165, 1.54) is 7.11 Å². The first-order chi connectivity index (χ1) is 9.81. The lowest BCUT2D eigenvalue weighted by molar-refractivity contribution is -0.204. The van der Waals surface area contributed by atoms with Gasteiger partial charge < -0.3 is 14.4 Å². The van der Waals surface area contributed by atoms with Gasteiger partial charge in [-0.05, 0) is 30.7 Å². The quantitative estimate of drug-likeness (QED) is 0.940. The van der Waals surface area contributed by atoms with E-state index in [4.69, 9.17) is 14.4 Å². The lowest BCUT2D eigenvalue weighted by atomic mass is 10.1. The van der Waals surface area contributed by atoms with Gasteiger partial charge >= 0.3 is 6.18 Å². The fourth-order valence-electron chi connectivity index (χ4n) is 1.75. The van der Waals surface area contributed by atoms with Crippen LogP contribution in [-0.4, -0.2) is 34.6 Å². The molecule has 8 heteroatoms. The van der Waals surface area contributed by atoms with Crippen molar-refractivity contribution in [2.45, 2.75) is 25.6 Å². The summed E-state index contributed by atoms with van der Waals surface area (Å²) in [5.41, 5.74) is 1.42. The Hall–Kier alpha value is -2.09. The van der Waals surface area contributed by atoms with Crippen LogP contribution in [0.3, 0.4) is 0 Å². The van der Waals surface area contributed by atoms with Gasteiger partial charge in [0.2, 0.25) is 11.7 Å². The van der Waals surface area contributed by atoms with E-state index in [1.54, 1.807) is 18.2 Å². The Kier molecular flexibility index (Phi) is 4.17. The highest BCUT2D eigenvalue weighted by molar-refractivity contribution is 5.58. The summed E-state index contributed by atoms with van der Waals surface area (Å²) in [5, 5.41) is 12.6. The lowest BCUT2D eigenvalue weighted by Crippen LogP contribution is -2.30. The van der Waals surface area contributed by atoms with Crippen molar-refractivity contribution < 1.29 is 27.5 Å². The van der Waals surface area contributed by atoms with Gasteiger partial charge in [0, 0.05) is 5.56 Å². The Morgan fingerprint density at radius 1 is 1.38 bits per heavy atom. The van der Waals surface area contributed by atoms with E-state index >= 15 is 0 Å². The molecule has 0 amide bonds. The van der Waals surface area contributed by atoms with Gasteiger partial charge in [-0.3, -0.25) is 0 Å². The van der Waals surface area contributed by atoms with Gasteiger partial charge in [-0.15, -0.1) is 0 Å². The zero-order chi connectivity index (χ0) is 15.6. The number of halogens is 3. The van der Waals surface area contributed by atoms with E-state index in [2.05, 4.69) is 10.1 Å². The van der Waals surface area contributed by atoms with Gasteiger partial charge in [0.1, 0.15) is 5.75 Å². The topological polar surface area (TPSA) is 68.4 Å². The Balaban J connectivity index is 2.18. The molecule has 2 aromatic rings. The molecule has 2 rings (SSSR count). The zero-order valence-corrected chi connectivity index (χ0v) is 11.3. The molecule has 0 aliphatic heterocycles. The van der Waals surface area contributed by atoms with E-state index in [0.717, 1.165) is 5.56 Å². The molecule has 0 fully saturated rings. The van der Waals surface area contributed by atoms with Crippen LogP contribution in [0.1, 0.15) is 11.5 Å². The monoisotopic (exact) mass is 302 g/mol. The molecule has 0 bridgehead atoms. The lowest BCUT2D eigenvalue weighted by Gasteiger charge is -2.11.